The first-order valence-electron chi connectivity index (χ1n) is 7.82. The third kappa shape index (κ3) is 4.48. The van der Waals surface area contributed by atoms with Gasteiger partial charge in [-0.15, -0.1) is 10.2 Å². The van der Waals surface area contributed by atoms with Crippen molar-refractivity contribution in [3.05, 3.63) is 71.1 Å². The number of hydrogen-bond donors (Lipinski definition) is 0. The van der Waals surface area contributed by atoms with E-state index in [0.717, 1.165) is 11.1 Å². The molecule has 0 aliphatic rings. The lowest BCUT2D eigenvalue weighted by Crippen LogP contribution is -2.05. The van der Waals surface area contributed by atoms with Crippen LogP contribution >= 0.6 is 11.8 Å². The van der Waals surface area contributed by atoms with E-state index in [4.69, 9.17) is 9.15 Å². The van der Waals surface area contributed by atoms with Crippen molar-refractivity contribution >= 4 is 17.5 Å². The van der Waals surface area contributed by atoms with E-state index in [0.29, 0.717) is 28.8 Å². The first kappa shape index (κ1) is 17.2. The molecule has 3 aromatic rings. The standard InChI is InChI=1S/C19H18N2O3S/c1-13-8-9-17(23-2)15(10-13)16(22)12-25-19-21-20-18(24-19)11-14-6-4-3-5-7-14/h3-10H,11-12H2,1-2H3. The minimum Gasteiger partial charge on any atom is -0.496 e. The normalized spacial score (nSPS) is 10.6. The lowest BCUT2D eigenvalue weighted by molar-refractivity contribution is 0.101. The number of rotatable bonds is 7. The van der Waals surface area contributed by atoms with E-state index in [2.05, 4.69) is 10.2 Å². The topological polar surface area (TPSA) is 65.2 Å². The lowest BCUT2D eigenvalue weighted by atomic mass is 10.1. The quantitative estimate of drug-likeness (QED) is 0.473. The van der Waals surface area contributed by atoms with Crippen LogP contribution in [0.15, 0.2) is 58.2 Å². The average Bonchev–Trinajstić information content (AvgIpc) is 3.08. The summed E-state index contributed by atoms with van der Waals surface area (Å²) in [7, 11) is 1.56. The summed E-state index contributed by atoms with van der Waals surface area (Å²) < 4.78 is 10.9. The first-order chi connectivity index (χ1) is 12.2. The van der Waals surface area contributed by atoms with Gasteiger partial charge >= 0.3 is 0 Å². The fraction of sp³-hybridized carbons (Fsp3) is 0.211. The van der Waals surface area contributed by atoms with Crippen molar-refractivity contribution in [3.8, 4) is 5.75 Å². The van der Waals surface area contributed by atoms with E-state index in [1.807, 2.05) is 49.4 Å². The predicted molar refractivity (Wildman–Crippen MR) is 96.3 cm³/mol. The molecule has 0 atom stereocenters. The van der Waals surface area contributed by atoms with Crippen LogP contribution in [0.5, 0.6) is 5.75 Å². The molecule has 6 heteroatoms. The van der Waals surface area contributed by atoms with Gasteiger partial charge < -0.3 is 9.15 Å². The van der Waals surface area contributed by atoms with Gasteiger partial charge in [-0.1, -0.05) is 53.7 Å². The summed E-state index contributed by atoms with van der Waals surface area (Å²) in [5.41, 5.74) is 2.68. The highest BCUT2D eigenvalue weighted by Gasteiger charge is 2.15. The molecule has 0 fully saturated rings. The van der Waals surface area contributed by atoms with Crippen molar-refractivity contribution in [2.75, 3.05) is 12.9 Å². The molecule has 0 saturated carbocycles. The Balaban J connectivity index is 1.62. The molecule has 0 spiro atoms. The molecular weight excluding hydrogens is 336 g/mol. The van der Waals surface area contributed by atoms with E-state index >= 15 is 0 Å². The van der Waals surface area contributed by atoms with Crippen LogP contribution in [0.25, 0.3) is 0 Å². The average molecular weight is 354 g/mol. The molecule has 0 bridgehead atoms. The molecule has 0 aliphatic carbocycles. The maximum Gasteiger partial charge on any atom is 0.277 e. The number of carbonyl (C=O) groups excluding carboxylic acids is 1. The van der Waals surface area contributed by atoms with Gasteiger partial charge in [-0.05, 0) is 24.6 Å². The number of ketones is 1. The highest BCUT2D eigenvalue weighted by atomic mass is 32.2. The Morgan fingerprint density at radius 2 is 1.96 bits per heavy atom. The van der Waals surface area contributed by atoms with Gasteiger partial charge in [0.1, 0.15) is 5.75 Å². The van der Waals surface area contributed by atoms with Crippen LogP contribution in [0.2, 0.25) is 0 Å². The van der Waals surface area contributed by atoms with Gasteiger partial charge in [0, 0.05) is 0 Å². The number of methoxy groups -OCH3 is 1. The second kappa shape index (κ2) is 7.98. The Labute approximate surface area is 150 Å². The largest absolute Gasteiger partial charge is 0.496 e. The number of carbonyl (C=O) groups is 1. The van der Waals surface area contributed by atoms with E-state index in [1.54, 1.807) is 13.2 Å². The summed E-state index contributed by atoms with van der Waals surface area (Å²) in [4.78, 5) is 12.5. The highest BCUT2D eigenvalue weighted by molar-refractivity contribution is 7.99. The van der Waals surface area contributed by atoms with Crippen molar-refractivity contribution in [1.82, 2.24) is 10.2 Å². The predicted octanol–water partition coefficient (Wildman–Crippen LogP) is 3.95. The summed E-state index contributed by atoms with van der Waals surface area (Å²) in [6, 6.07) is 15.5. The number of nitrogens with zero attached hydrogens (tertiary/aromatic N) is 2. The molecule has 3 rings (SSSR count). The second-order valence-electron chi connectivity index (χ2n) is 5.54. The summed E-state index contributed by atoms with van der Waals surface area (Å²) in [6.07, 6.45) is 0.577. The molecular formula is C19H18N2O3S. The van der Waals surface area contributed by atoms with Crippen LogP contribution in [0.1, 0.15) is 27.4 Å². The minimum absolute atomic E-state index is 0.0339. The molecule has 0 saturated heterocycles. The third-order valence-electron chi connectivity index (χ3n) is 3.63. The Morgan fingerprint density at radius 1 is 1.16 bits per heavy atom. The molecule has 0 N–H and O–H groups in total. The summed E-state index contributed by atoms with van der Waals surface area (Å²) in [5.74, 6) is 1.29. The Bertz CT molecular complexity index is 862. The number of hydrogen-bond acceptors (Lipinski definition) is 6. The van der Waals surface area contributed by atoms with Crippen LogP contribution in [-0.4, -0.2) is 28.8 Å². The SMILES string of the molecule is COc1ccc(C)cc1C(=O)CSc1nnc(Cc2ccccc2)o1. The molecule has 0 aliphatic heterocycles. The number of benzene rings is 2. The third-order valence-corrected chi connectivity index (χ3v) is 4.45. The molecule has 5 nitrogen and oxygen atoms in total. The highest BCUT2D eigenvalue weighted by Crippen LogP contribution is 2.24. The van der Waals surface area contributed by atoms with Gasteiger partial charge in [0.15, 0.2) is 5.78 Å². The van der Waals surface area contributed by atoms with Crippen LogP contribution in [0.3, 0.4) is 0 Å². The fourth-order valence-electron chi connectivity index (χ4n) is 2.38. The Morgan fingerprint density at radius 3 is 2.72 bits per heavy atom. The molecule has 128 valence electrons. The Hall–Kier alpha value is -2.60. The minimum atomic E-state index is -0.0339. The van der Waals surface area contributed by atoms with Gasteiger partial charge in [0.25, 0.3) is 5.22 Å². The number of aromatic nitrogens is 2. The van der Waals surface area contributed by atoms with Gasteiger partial charge in [0.2, 0.25) is 5.89 Å². The zero-order valence-electron chi connectivity index (χ0n) is 14.1. The monoisotopic (exact) mass is 354 g/mol. The van der Waals surface area contributed by atoms with Crippen LogP contribution in [0.4, 0.5) is 0 Å². The van der Waals surface area contributed by atoms with E-state index < -0.39 is 0 Å². The maximum atomic E-state index is 12.5. The molecule has 1 aromatic heterocycles. The van der Waals surface area contributed by atoms with E-state index in [9.17, 15) is 4.79 Å². The molecule has 0 unspecified atom stereocenters. The smallest absolute Gasteiger partial charge is 0.277 e. The zero-order valence-corrected chi connectivity index (χ0v) is 14.9. The van der Waals surface area contributed by atoms with E-state index in [-0.39, 0.29) is 11.5 Å². The Kier molecular flexibility index (Phi) is 5.50. The van der Waals surface area contributed by atoms with Crippen LogP contribution in [-0.2, 0) is 6.42 Å². The first-order valence-corrected chi connectivity index (χ1v) is 8.81. The van der Waals surface area contributed by atoms with Crippen molar-refractivity contribution in [3.63, 3.8) is 0 Å². The maximum absolute atomic E-state index is 12.5. The van der Waals surface area contributed by atoms with Crippen molar-refractivity contribution in [1.29, 1.82) is 0 Å². The molecule has 0 radical (unpaired) electrons. The number of thioether (sulfide) groups is 1. The zero-order chi connectivity index (χ0) is 17.6. The lowest BCUT2D eigenvalue weighted by Gasteiger charge is -2.07. The van der Waals surface area contributed by atoms with Gasteiger partial charge in [0.05, 0.1) is 24.8 Å². The van der Waals surface area contributed by atoms with Crippen LogP contribution < -0.4 is 4.74 Å². The number of aryl methyl sites for hydroxylation is 1. The number of ether oxygens (including phenoxy) is 1. The van der Waals surface area contributed by atoms with Crippen LogP contribution in [0, 0.1) is 6.92 Å². The van der Waals surface area contributed by atoms with Gasteiger partial charge in [-0.25, -0.2) is 0 Å². The summed E-state index contributed by atoms with van der Waals surface area (Å²) >= 11 is 1.23. The molecule has 2 aromatic carbocycles. The molecule has 25 heavy (non-hydrogen) atoms. The molecule has 1 heterocycles. The van der Waals surface area contributed by atoms with Crippen molar-refractivity contribution in [2.45, 2.75) is 18.6 Å². The van der Waals surface area contributed by atoms with E-state index in [1.165, 1.54) is 11.8 Å². The summed E-state index contributed by atoms with van der Waals surface area (Å²) in [5, 5.41) is 8.43. The summed E-state index contributed by atoms with van der Waals surface area (Å²) in [6.45, 7) is 1.94. The molecule has 0 amide bonds. The second-order valence-corrected chi connectivity index (χ2v) is 6.47. The fourth-order valence-corrected chi connectivity index (χ4v) is 3.05. The van der Waals surface area contributed by atoms with Gasteiger partial charge in [-0.3, -0.25) is 4.79 Å². The number of Topliss-reactive ketones (excluding diaryl/α,β-unsaturated/α-hetero) is 1. The van der Waals surface area contributed by atoms with Gasteiger partial charge in [-0.2, -0.15) is 0 Å². The van der Waals surface area contributed by atoms with Crippen molar-refractivity contribution in [2.24, 2.45) is 0 Å². The van der Waals surface area contributed by atoms with Crippen molar-refractivity contribution < 1.29 is 13.9 Å².